The standard InChI is InChI=1S/C22H25N5O2/c1-15-7-12-19(21(24-15)27(2)3)22(28)26-17-8-10-18(11-9-17)29-14-13-16-5-4-6-20(23)25-16/h4-12H,13-14H2,1-3H3,(H2,23,25)(H,26,28). The number of aromatic nitrogens is 2. The molecule has 0 unspecified atom stereocenters. The summed E-state index contributed by atoms with van der Waals surface area (Å²) in [5.41, 5.74) is 8.64. The number of nitrogens with two attached hydrogens (primary N) is 1. The van der Waals surface area contributed by atoms with Gasteiger partial charge >= 0.3 is 0 Å². The molecule has 3 N–H and O–H groups in total. The van der Waals surface area contributed by atoms with Gasteiger partial charge in [-0.1, -0.05) is 6.07 Å². The van der Waals surface area contributed by atoms with E-state index < -0.39 is 0 Å². The molecule has 3 rings (SSSR count). The molecule has 3 aromatic rings. The lowest BCUT2D eigenvalue weighted by Crippen LogP contribution is -2.20. The summed E-state index contributed by atoms with van der Waals surface area (Å²) >= 11 is 0. The van der Waals surface area contributed by atoms with Crippen molar-refractivity contribution in [3.8, 4) is 5.75 Å². The summed E-state index contributed by atoms with van der Waals surface area (Å²) in [6, 6.07) is 16.4. The van der Waals surface area contributed by atoms with Crippen LogP contribution in [0, 0.1) is 6.92 Å². The van der Waals surface area contributed by atoms with Crippen LogP contribution in [-0.2, 0) is 6.42 Å². The van der Waals surface area contributed by atoms with E-state index in [1.54, 1.807) is 12.1 Å². The molecule has 29 heavy (non-hydrogen) atoms. The summed E-state index contributed by atoms with van der Waals surface area (Å²) in [6.07, 6.45) is 0.664. The van der Waals surface area contributed by atoms with Crippen LogP contribution in [-0.4, -0.2) is 36.6 Å². The number of pyridine rings is 2. The van der Waals surface area contributed by atoms with Crippen molar-refractivity contribution in [3.63, 3.8) is 0 Å². The molecule has 0 aliphatic rings. The molecule has 7 heteroatoms. The van der Waals surface area contributed by atoms with Gasteiger partial charge in [-0.25, -0.2) is 9.97 Å². The number of carbonyl (C=O) groups excluding carboxylic acids is 1. The summed E-state index contributed by atoms with van der Waals surface area (Å²) in [5, 5.41) is 2.90. The Morgan fingerprint density at radius 3 is 2.52 bits per heavy atom. The van der Waals surface area contributed by atoms with Gasteiger partial charge in [0, 0.05) is 37.6 Å². The van der Waals surface area contributed by atoms with E-state index in [0.717, 1.165) is 17.1 Å². The van der Waals surface area contributed by atoms with Crippen molar-refractivity contribution in [3.05, 3.63) is 71.5 Å². The summed E-state index contributed by atoms with van der Waals surface area (Å²) in [5.74, 6) is 1.65. The second-order valence-electron chi connectivity index (χ2n) is 6.85. The minimum atomic E-state index is -0.206. The van der Waals surface area contributed by atoms with Gasteiger partial charge in [0.05, 0.1) is 12.2 Å². The maximum atomic E-state index is 12.7. The van der Waals surface area contributed by atoms with E-state index in [-0.39, 0.29) is 5.91 Å². The Labute approximate surface area is 170 Å². The van der Waals surface area contributed by atoms with Crippen LogP contribution in [0.15, 0.2) is 54.6 Å². The highest BCUT2D eigenvalue weighted by Crippen LogP contribution is 2.20. The molecule has 0 saturated heterocycles. The number of ether oxygens (including phenoxy) is 1. The van der Waals surface area contributed by atoms with E-state index >= 15 is 0 Å². The largest absolute Gasteiger partial charge is 0.493 e. The van der Waals surface area contributed by atoms with E-state index in [2.05, 4.69) is 15.3 Å². The number of rotatable bonds is 7. The van der Waals surface area contributed by atoms with Gasteiger partial charge in [-0.3, -0.25) is 4.79 Å². The van der Waals surface area contributed by atoms with Crippen LogP contribution in [0.3, 0.4) is 0 Å². The Kier molecular flexibility index (Phi) is 6.29. The number of anilines is 3. The number of hydrogen-bond donors (Lipinski definition) is 2. The van der Waals surface area contributed by atoms with Crippen molar-refractivity contribution in [1.82, 2.24) is 9.97 Å². The predicted octanol–water partition coefficient (Wildman–Crippen LogP) is 3.31. The second-order valence-corrected chi connectivity index (χ2v) is 6.85. The van der Waals surface area contributed by atoms with Gasteiger partial charge in [-0.15, -0.1) is 0 Å². The Bertz CT molecular complexity index is 987. The number of nitrogens with zero attached hydrogens (tertiary/aromatic N) is 3. The predicted molar refractivity (Wildman–Crippen MR) is 116 cm³/mol. The lowest BCUT2D eigenvalue weighted by molar-refractivity contribution is 0.102. The fraction of sp³-hybridized carbons (Fsp3) is 0.227. The molecule has 7 nitrogen and oxygen atoms in total. The molecule has 0 aliphatic carbocycles. The van der Waals surface area contributed by atoms with Crippen molar-refractivity contribution in [2.75, 3.05) is 36.7 Å². The first-order valence-electron chi connectivity index (χ1n) is 9.33. The highest BCUT2D eigenvalue weighted by molar-refractivity contribution is 6.07. The number of nitrogens with one attached hydrogen (secondary N) is 1. The molecule has 2 aromatic heterocycles. The number of amides is 1. The number of nitrogen functional groups attached to an aromatic ring is 1. The monoisotopic (exact) mass is 391 g/mol. The highest BCUT2D eigenvalue weighted by atomic mass is 16.5. The zero-order valence-electron chi connectivity index (χ0n) is 16.8. The maximum Gasteiger partial charge on any atom is 0.259 e. The Balaban J connectivity index is 1.58. The Morgan fingerprint density at radius 1 is 1.07 bits per heavy atom. The van der Waals surface area contributed by atoms with Gasteiger partial charge in [-0.05, 0) is 55.5 Å². The molecule has 2 heterocycles. The van der Waals surface area contributed by atoms with Crippen molar-refractivity contribution in [2.45, 2.75) is 13.3 Å². The average Bonchev–Trinajstić information content (AvgIpc) is 2.69. The zero-order valence-corrected chi connectivity index (χ0v) is 16.8. The van der Waals surface area contributed by atoms with Crippen molar-refractivity contribution in [2.24, 2.45) is 0 Å². The third-order valence-corrected chi connectivity index (χ3v) is 4.25. The molecule has 0 radical (unpaired) electrons. The topological polar surface area (TPSA) is 93.4 Å². The first-order valence-corrected chi connectivity index (χ1v) is 9.33. The second kappa shape index (κ2) is 9.05. The minimum absolute atomic E-state index is 0.206. The minimum Gasteiger partial charge on any atom is -0.493 e. The van der Waals surface area contributed by atoms with E-state index in [0.29, 0.717) is 35.9 Å². The van der Waals surface area contributed by atoms with Crippen molar-refractivity contribution >= 4 is 23.2 Å². The van der Waals surface area contributed by atoms with E-state index in [1.807, 2.05) is 68.4 Å². The normalized spacial score (nSPS) is 10.4. The van der Waals surface area contributed by atoms with Crippen molar-refractivity contribution < 1.29 is 9.53 Å². The summed E-state index contributed by atoms with van der Waals surface area (Å²) < 4.78 is 5.75. The van der Waals surface area contributed by atoms with Crippen molar-refractivity contribution in [1.29, 1.82) is 0 Å². The molecule has 1 aromatic carbocycles. The fourth-order valence-electron chi connectivity index (χ4n) is 2.80. The van der Waals surface area contributed by atoms with E-state index in [9.17, 15) is 4.79 Å². The molecule has 0 fully saturated rings. The first-order chi connectivity index (χ1) is 13.9. The fourth-order valence-corrected chi connectivity index (χ4v) is 2.80. The smallest absolute Gasteiger partial charge is 0.259 e. The molecule has 0 bridgehead atoms. The van der Waals surface area contributed by atoms with Gasteiger partial charge < -0.3 is 20.7 Å². The third kappa shape index (κ3) is 5.44. The first kappa shape index (κ1) is 20.1. The highest BCUT2D eigenvalue weighted by Gasteiger charge is 2.15. The molecule has 0 spiro atoms. The number of hydrogen-bond acceptors (Lipinski definition) is 6. The van der Waals surface area contributed by atoms with Gasteiger partial charge in [0.15, 0.2) is 0 Å². The van der Waals surface area contributed by atoms with Crippen LogP contribution in [0.5, 0.6) is 5.75 Å². The average molecular weight is 391 g/mol. The quantitative estimate of drug-likeness (QED) is 0.642. The molecule has 1 amide bonds. The van der Waals surface area contributed by atoms with E-state index in [4.69, 9.17) is 10.5 Å². The summed E-state index contributed by atoms with van der Waals surface area (Å²) in [7, 11) is 3.73. The lowest BCUT2D eigenvalue weighted by atomic mass is 10.2. The van der Waals surface area contributed by atoms with Crippen LogP contribution in [0.4, 0.5) is 17.3 Å². The SMILES string of the molecule is Cc1ccc(C(=O)Nc2ccc(OCCc3cccc(N)n3)cc2)c(N(C)C)n1. The molecule has 0 aliphatic heterocycles. The molecule has 150 valence electrons. The van der Waals surface area contributed by atoms with Gasteiger partial charge in [0.25, 0.3) is 5.91 Å². The van der Waals surface area contributed by atoms with Crippen LogP contribution in [0.25, 0.3) is 0 Å². The van der Waals surface area contributed by atoms with Gasteiger partial charge in [-0.2, -0.15) is 0 Å². The number of aryl methyl sites for hydroxylation is 1. The zero-order chi connectivity index (χ0) is 20.8. The number of benzene rings is 1. The summed E-state index contributed by atoms with van der Waals surface area (Å²) in [4.78, 5) is 23.2. The maximum absolute atomic E-state index is 12.7. The van der Waals surface area contributed by atoms with E-state index in [1.165, 1.54) is 0 Å². The van der Waals surface area contributed by atoms with Gasteiger partial charge in [0.1, 0.15) is 17.4 Å². The molecule has 0 saturated carbocycles. The molecular weight excluding hydrogens is 366 g/mol. The van der Waals surface area contributed by atoms with Crippen LogP contribution >= 0.6 is 0 Å². The molecular formula is C22H25N5O2. The summed E-state index contributed by atoms with van der Waals surface area (Å²) in [6.45, 7) is 2.39. The third-order valence-electron chi connectivity index (χ3n) is 4.25. The number of carbonyl (C=O) groups is 1. The van der Waals surface area contributed by atoms with Crippen LogP contribution in [0.1, 0.15) is 21.7 Å². The van der Waals surface area contributed by atoms with Crippen LogP contribution < -0.4 is 20.7 Å². The van der Waals surface area contributed by atoms with Gasteiger partial charge in [0.2, 0.25) is 0 Å². The molecule has 0 atom stereocenters. The Morgan fingerprint density at radius 2 is 1.83 bits per heavy atom. The lowest BCUT2D eigenvalue weighted by Gasteiger charge is -2.16. The van der Waals surface area contributed by atoms with Crippen LogP contribution in [0.2, 0.25) is 0 Å². The Hall–Kier alpha value is -3.61.